The molecule has 33 heavy (non-hydrogen) atoms. The van der Waals surface area contributed by atoms with Gasteiger partial charge in [0.05, 0.1) is 19.3 Å². The second-order valence-electron chi connectivity index (χ2n) is 9.01. The predicted molar refractivity (Wildman–Crippen MR) is 115 cm³/mol. The van der Waals surface area contributed by atoms with Crippen LogP contribution in [0.4, 0.5) is 0 Å². The van der Waals surface area contributed by atoms with Crippen molar-refractivity contribution in [3.8, 4) is 0 Å². The van der Waals surface area contributed by atoms with Crippen LogP contribution in [0, 0.1) is 0 Å². The fraction of sp³-hybridized carbons (Fsp3) is 1.00. The summed E-state index contributed by atoms with van der Waals surface area (Å²) in [6.07, 6.45) is -7.07. The lowest BCUT2D eigenvalue weighted by atomic mass is 9.97. The first-order valence-corrected chi connectivity index (χ1v) is 12.0. The Kier molecular flexibility index (Phi) is 12.4. The summed E-state index contributed by atoms with van der Waals surface area (Å²) in [5.41, 5.74) is 0. The lowest BCUT2D eigenvalue weighted by molar-refractivity contribution is -0.362. The number of aliphatic hydroxyl groups is 7. The molecular weight excluding hydrogens is 440 g/mol. The smallest absolute Gasteiger partial charge is 0.187 e. The molecule has 0 amide bonds. The van der Waals surface area contributed by atoms with E-state index in [4.69, 9.17) is 18.9 Å². The summed E-state index contributed by atoms with van der Waals surface area (Å²) in [5, 5.41) is 70.2. The van der Waals surface area contributed by atoms with Gasteiger partial charge in [0, 0.05) is 0 Å². The summed E-state index contributed by atoms with van der Waals surface area (Å²) in [4.78, 5) is 0. The van der Waals surface area contributed by atoms with Crippen LogP contribution >= 0.6 is 0 Å². The third kappa shape index (κ3) is 7.77. The Labute approximate surface area is 194 Å². The van der Waals surface area contributed by atoms with Crippen LogP contribution in [0.15, 0.2) is 0 Å². The number of aliphatic hydroxyl groups excluding tert-OH is 7. The predicted octanol–water partition coefficient (Wildman–Crippen LogP) is -1.23. The van der Waals surface area contributed by atoms with Crippen LogP contribution < -0.4 is 0 Å². The van der Waals surface area contributed by atoms with Crippen molar-refractivity contribution in [1.82, 2.24) is 0 Å². The molecule has 2 saturated heterocycles. The fourth-order valence-corrected chi connectivity index (χ4v) is 4.18. The Morgan fingerprint density at radius 3 is 1.91 bits per heavy atom. The lowest BCUT2D eigenvalue weighted by Crippen LogP contribution is -2.64. The standard InChI is InChI=1S/C22H42O11/c1-3-4-5-6-7-8-9-12(2)30-21-19(29)17(27)20(14(11-24)32-21)33-22-18(28)16(26)15(25)13(10-23)31-22/h12-29H,3-11H2,1-2H3/t12?,13-,14-,15-,16+,17-,18-,19-,20-,21-,22-/m1/s1. The van der Waals surface area contributed by atoms with Crippen molar-refractivity contribution in [3.05, 3.63) is 0 Å². The molecule has 0 aromatic heterocycles. The number of unbranched alkanes of at least 4 members (excludes halogenated alkanes) is 5. The first-order valence-electron chi connectivity index (χ1n) is 12.0. The van der Waals surface area contributed by atoms with Gasteiger partial charge in [-0.25, -0.2) is 0 Å². The van der Waals surface area contributed by atoms with Crippen LogP contribution in [-0.2, 0) is 18.9 Å². The summed E-state index contributed by atoms with van der Waals surface area (Å²) in [7, 11) is 0. The SMILES string of the molecule is CCCCCCCCC(C)O[C@@H]1O[C@H](CO)[C@@H](O[C@H]2O[C@H](CO)[C@@H](O)[C@H](O)[C@H]2O)[C@H](O)[C@H]1O. The molecule has 2 aliphatic rings. The van der Waals surface area contributed by atoms with E-state index in [9.17, 15) is 35.7 Å². The van der Waals surface area contributed by atoms with Crippen molar-refractivity contribution < 1.29 is 54.7 Å². The third-order valence-corrected chi connectivity index (χ3v) is 6.29. The molecule has 2 rings (SSSR count). The van der Waals surface area contributed by atoms with E-state index >= 15 is 0 Å². The van der Waals surface area contributed by atoms with E-state index in [1.54, 1.807) is 0 Å². The summed E-state index contributed by atoms with van der Waals surface area (Å²) in [5.74, 6) is 0. The molecular formula is C22H42O11. The van der Waals surface area contributed by atoms with Gasteiger partial charge in [0.15, 0.2) is 12.6 Å². The number of rotatable bonds is 13. The maximum Gasteiger partial charge on any atom is 0.187 e. The van der Waals surface area contributed by atoms with Gasteiger partial charge in [-0.15, -0.1) is 0 Å². The Hall–Kier alpha value is -0.440. The van der Waals surface area contributed by atoms with Crippen LogP contribution in [0.3, 0.4) is 0 Å². The Bertz CT molecular complexity index is 534. The van der Waals surface area contributed by atoms with E-state index in [-0.39, 0.29) is 6.10 Å². The van der Waals surface area contributed by atoms with Gasteiger partial charge in [0.2, 0.25) is 0 Å². The lowest BCUT2D eigenvalue weighted by Gasteiger charge is -2.46. The summed E-state index contributed by atoms with van der Waals surface area (Å²) >= 11 is 0. The van der Waals surface area contributed by atoms with Crippen molar-refractivity contribution in [3.63, 3.8) is 0 Å². The van der Waals surface area contributed by atoms with Crippen molar-refractivity contribution in [1.29, 1.82) is 0 Å². The molecule has 7 N–H and O–H groups in total. The van der Waals surface area contributed by atoms with Crippen LogP contribution in [-0.4, -0.2) is 116 Å². The third-order valence-electron chi connectivity index (χ3n) is 6.29. The fourth-order valence-electron chi connectivity index (χ4n) is 4.18. The van der Waals surface area contributed by atoms with Gasteiger partial charge in [-0.1, -0.05) is 45.4 Å². The number of hydrogen-bond donors (Lipinski definition) is 7. The zero-order chi connectivity index (χ0) is 24.5. The van der Waals surface area contributed by atoms with Crippen molar-refractivity contribution in [2.75, 3.05) is 13.2 Å². The van der Waals surface area contributed by atoms with Crippen molar-refractivity contribution in [2.24, 2.45) is 0 Å². The molecule has 0 spiro atoms. The second kappa shape index (κ2) is 14.2. The largest absolute Gasteiger partial charge is 0.394 e. The van der Waals surface area contributed by atoms with Gasteiger partial charge < -0.3 is 54.7 Å². The molecule has 0 radical (unpaired) electrons. The first kappa shape index (κ1) is 28.8. The molecule has 2 fully saturated rings. The summed E-state index contributed by atoms with van der Waals surface area (Å²) < 4.78 is 22.2. The van der Waals surface area contributed by atoms with E-state index in [1.807, 2.05) is 6.92 Å². The van der Waals surface area contributed by atoms with Gasteiger partial charge in [-0.2, -0.15) is 0 Å². The second-order valence-corrected chi connectivity index (χ2v) is 9.01. The van der Waals surface area contributed by atoms with Crippen molar-refractivity contribution in [2.45, 2.75) is 126 Å². The first-order chi connectivity index (χ1) is 15.7. The quantitative estimate of drug-likeness (QED) is 0.156. The molecule has 11 nitrogen and oxygen atoms in total. The molecule has 196 valence electrons. The summed E-state index contributed by atoms with van der Waals surface area (Å²) in [6.45, 7) is 2.78. The average Bonchev–Trinajstić information content (AvgIpc) is 2.80. The topological polar surface area (TPSA) is 179 Å². The molecule has 1 unspecified atom stereocenters. The van der Waals surface area contributed by atoms with Crippen LogP contribution in [0.5, 0.6) is 0 Å². The van der Waals surface area contributed by atoms with Gasteiger partial charge in [0.25, 0.3) is 0 Å². The van der Waals surface area contributed by atoms with E-state index in [2.05, 4.69) is 6.92 Å². The average molecular weight is 483 g/mol. The molecule has 0 aliphatic carbocycles. The van der Waals surface area contributed by atoms with Gasteiger partial charge in [-0.3, -0.25) is 0 Å². The van der Waals surface area contributed by atoms with Gasteiger partial charge in [-0.05, 0) is 13.3 Å². The molecule has 0 aromatic rings. The summed E-state index contributed by atoms with van der Waals surface area (Å²) in [6, 6.07) is 0. The molecule has 2 heterocycles. The van der Waals surface area contributed by atoms with Crippen LogP contribution in [0.1, 0.15) is 58.8 Å². The van der Waals surface area contributed by atoms with Crippen LogP contribution in [0.2, 0.25) is 0 Å². The molecule has 11 heteroatoms. The molecule has 0 saturated carbocycles. The minimum atomic E-state index is -1.70. The molecule has 0 bridgehead atoms. The molecule has 2 aliphatic heterocycles. The van der Waals surface area contributed by atoms with E-state index in [0.717, 1.165) is 25.7 Å². The Morgan fingerprint density at radius 1 is 0.697 bits per heavy atom. The zero-order valence-electron chi connectivity index (χ0n) is 19.5. The number of hydrogen-bond acceptors (Lipinski definition) is 11. The zero-order valence-corrected chi connectivity index (χ0v) is 19.5. The van der Waals surface area contributed by atoms with E-state index in [0.29, 0.717) is 0 Å². The van der Waals surface area contributed by atoms with Crippen LogP contribution in [0.25, 0.3) is 0 Å². The highest BCUT2D eigenvalue weighted by Gasteiger charge is 2.50. The van der Waals surface area contributed by atoms with Gasteiger partial charge in [0.1, 0.15) is 48.8 Å². The van der Waals surface area contributed by atoms with E-state index in [1.165, 1.54) is 19.3 Å². The Morgan fingerprint density at radius 2 is 1.27 bits per heavy atom. The van der Waals surface area contributed by atoms with E-state index < -0.39 is 74.6 Å². The molecule has 11 atom stereocenters. The highest BCUT2D eigenvalue weighted by atomic mass is 16.7. The highest BCUT2D eigenvalue weighted by Crippen LogP contribution is 2.30. The van der Waals surface area contributed by atoms with Crippen molar-refractivity contribution >= 4 is 0 Å². The number of ether oxygens (including phenoxy) is 4. The normalized spacial score (nSPS) is 40.6. The molecule has 0 aromatic carbocycles. The monoisotopic (exact) mass is 482 g/mol. The maximum absolute atomic E-state index is 10.6. The van der Waals surface area contributed by atoms with Gasteiger partial charge >= 0.3 is 0 Å². The Balaban J connectivity index is 1.91. The minimum absolute atomic E-state index is 0.245. The minimum Gasteiger partial charge on any atom is -0.394 e. The highest BCUT2D eigenvalue weighted by molar-refractivity contribution is 4.94. The maximum atomic E-state index is 10.6.